The maximum atomic E-state index is 6.08. The molecule has 0 saturated heterocycles. The molecule has 2 heterocycles. The van der Waals surface area contributed by atoms with E-state index >= 15 is 0 Å². The van der Waals surface area contributed by atoms with Crippen molar-refractivity contribution in [3.63, 3.8) is 0 Å². The predicted octanol–water partition coefficient (Wildman–Crippen LogP) is 3.62. The third-order valence-corrected chi connectivity index (χ3v) is 5.76. The highest BCUT2D eigenvalue weighted by Gasteiger charge is 2.11. The van der Waals surface area contributed by atoms with E-state index in [4.69, 9.17) is 21.3 Å². The monoisotopic (exact) mass is 432 g/mol. The van der Waals surface area contributed by atoms with Crippen LogP contribution in [0.3, 0.4) is 0 Å². The number of rotatable bonds is 7. The molecule has 154 valence electrons. The lowest BCUT2D eigenvalue weighted by atomic mass is 10.2. The molecule has 0 fully saturated rings. The summed E-state index contributed by atoms with van der Waals surface area (Å²) in [6, 6.07) is 11.9. The first-order chi connectivity index (χ1) is 14.0. The molecule has 0 aliphatic rings. The summed E-state index contributed by atoms with van der Waals surface area (Å²) in [7, 11) is 5.63. The fraction of sp³-hybridized carbons (Fsp3) is 0.350. The molecular formula is C20H25ClN6OS. The Morgan fingerprint density at radius 3 is 2.59 bits per heavy atom. The Labute approximate surface area is 180 Å². The maximum Gasteiger partial charge on any atom is 0.194 e. The Balaban J connectivity index is 1.74. The number of aromatic nitrogens is 3. The van der Waals surface area contributed by atoms with Gasteiger partial charge in [0.25, 0.3) is 0 Å². The van der Waals surface area contributed by atoms with Gasteiger partial charge in [-0.2, -0.15) is 0 Å². The summed E-state index contributed by atoms with van der Waals surface area (Å²) >= 11 is 7.65. The molecule has 0 saturated carbocycles. The van der Waals surface area contributed by atoms with Crippen LogP contribution < -0.4 is 10.1 Å². The van der Waals surface area contributed by atoms with Crippen molar-refractivity contribution in [2.45, 2.75) is 26.6 Å². The van der Waals surface area contributed by atoms with Gasteiger partial charge in [0.15, 0.2) is 11.8 Å². The number of hydrogen-bond donors (Lipinski definition) is 1. The number of nitrogens with zero attached hydrogens (tertiary/aromatic N) is 5. The molecule has 2 aromatic heterocycles. The molecule has 9 heteroatoms. The Bertz CT molecular complexity index is 966. The van der Waals surface area contributed by atoms with E-state index in [1.54, 1.807) is 18.4 Å². The van der Waals surface area contributed by atoms with Gasteiger partial charge in [0, 0.05) is 19.0 Å². The van der Waals surface area contributed by atoms with Gasteiger partial charge >= 0.3 is 0 Å². The van der Waals surface area contributed by atoms with Crippen molar-refractivity contribution in [1.29, 1.82) is 0 Å². The summed E-state index contributed by atoms with van der Waals surface area (Å²) in [6.45, 7) is 3.74. The van der Waals surface area contributed by atoms with E-state index in [0.717, 1.165) is 33.3 Å². The van der Waals surface area contributed by atoms with Crippen LogP contribution in [0.1, 0.15) is 22.1 Å². The summed E-state index contributed by atoms with van der Waals surface area (Å²) in [5, 5.41) is 11.7. The van der Waals surface area contributed by atoms with E-state index in [0.29, 0.717) is 19.6 Å². The zero-order chi connectivity index (χ0) is 20.8. The van der Waals surface area contributed by atoms with Crippen molar-refractivity contribution in [3.05, 3.63) is 62.8 Å². The van der Waals surface area contributed by atoms with Gasteiger partial charge in [0.1, 0.15) is 11.6 Å². The van der Waals surface area contributed by atoms with E-state index in [1.165, 1.54) is 4.88 Å². The Morgan fingerprint density at radius 1 is 1.24 bits per heavy atom. The molecule has 3 aromatic rings. The molecule has 0 atom stereocenters. The lowest BCUT2D eigenvalue weighted by Gasteiger charge is -2.22. The van der Waals surface area contributed by atoms with Crippen molar-refractivity contribution in [1.82, 2.24) is 25.0 Å². The number of nitrogens with one attached hydrogen (secondary N) is 1. The molecular weight excluding hydrogens is 408 g/mol. The largest absolute Gasteiger partial charge is 0.497 e. The van der Waals surface area contributed by atoms with Crippen LogP contribution in [-0.2, 0) is 26.7 Å². The first kappa shape index (κ1) is 21.1. The number of halogens is 1. The second kappa shape index (κ2) is 9.76. The zero-order valence-corrected chi connectivity index (χ0v) is 18.6. The number of methoxy groups -OCH3 is 1. The molecule has 7 nitrogen and oxygen atoms in total. The minimum Gasteiger partial charge on any atom is -0.497 e. The number of hydrogen-bond acceptors (Lipinski definition) is 5. The predicted molar refractivity (Wildman–Crippen MR) is 118 cm³/mol. The average molecular weight is 433 g/mol. The van der Waals surface area contributed by atoms with E-state index < -0.39 is 0 Å². The molecule has 0 aliphatic heterocycles. The smallest absolute Gasteiger partial charge is 0.194 e. The summed E-state index contributed by atoms with van der Waals surface area (Å²) in [5.74, 6) is 3.35. The highest BCUT2D eigenvalue weighted by Crippen LogP contribution is 2.22. The van der Waals surface area contributed by atoms with E-state index in [9.17, 15) is 0 Å². The van der Waals surface area contributed by atoms with Gasteiger partial charge in [-0.05, 0) is 36.8 Å². The number of ether oxygens (including phenoxy) is 1. The molecule has 1 N–H and O–H groups in total. The van der Waals surface area contributed by atoms with E-state index in [2.05, 4.69) is 20.4 Å². The minimum absolute atomic E-state index is 0.536. The number of benzene rings is 1. The highest BCUT2D eigenvalue weighted by atomic mass is 35.5. The Kier molecular flexibility index (Phi) is 7.11. The standard InChI is InChI=1S/C20H25ClN6OS/c1-14-24-25-19(27(14)3)12-23-20(26(2)13-17-9-10-18(21)29-17)22-11-15-5-7-16(28-4)8-6-15/h5-10H,11-13H2,1-4H3,(H,22,23). The molecule has 1 aromatic carbocycles. The van der Waals surface area contributed by atoms with Gasteiger partial charge in [0.2, 0.25) is 0 Å². The maximum absolute atomic E-state index is 6.08. The molecule has 0 unspecified atom stereocenters. The first-order valence-corrected chi connectivity index (χ1v) is 10.4. The van der Waals surface area contributed by atoms with Crippen molar-refractivity contribution in [2.24, 2.45) is 12.0 Å². The van der Waals surface area contributed by atoms with Crippen LogP contribution in [0.2, 0.25) is 4.34 Å². The number of aliphatic imine (C=N–C) groups is 1. The van der Waals surface area contributed by atoms with Crippen LogP contribution in [-0.4, -0.2) is 39.8 Å². The minimum atomic E-state index is 0.536. The van der Waals surface area contributed by atoms with Gasteiger partial charge in [-0.1, -0.05) is 23.7 Å². The van der Waals surface area contributed by atoms with Crippen LogP contribution in [0.25, 0.3) is 0 Å². The van der Waals surface area contributed by atoms with Crippen LogP contribution >= 0.6 is 22.9 Å². The molecule has 0 aliphatic carbocycles. The van der Waals surface area contributed by atoms with Crippen molar-refractivity contribution >= 4 is 28.9 Å². The fourth-order valence-corrected chi connectivity index (χ4v) is 3.86. The molecule has 0 bridgehead atoms. The molecule has 0 amide bonds. The topological polar surface area (TPSA) is 67.6 Å². The normalized spacial score (nSPS) is 11.6. The summed E-state index contributed by atoms with van der Waals surface area (Å²) in [5.41, 5.74) is 1.10. The quantitative estimate of drug-likeness (QED) is 0.456. The van der Waals surface area contributed by atoms with Crippen LogP contribution in [0.5, 0.6) is 5.75 Å². The molecule has 29 heavy (non-hydrogen) atoms. The van der Waals surface area contributed by atoms with Gasteiger partial charge in [-0.3, -0.25) is 0 Å². The lowest BCUT2D eigenvalue weighted by molar-refractivity contribution is 0.414. The highest BCUT2D eigenvalue weighted by molar-refractivity contribution is 7.16. The number of thiophene rings is 1. The number of guanidine groups is 1. The molecule has 0 spiro atoms. The second-order valence-corrected chi connectivity index (χ2v) is 8.43. The molecule has 0 radical (unpaired) electrons. The molecule has 3 rings (SSSR count). The van der Waals surface area contributed by atoms with Crippen molar-refractivity contribution in [3.8, 4) is 5.75 Å². The first-order valence-electron chi connectivity index (χ1n) is 9.17. The van der Waals surface area contributed by atoms with Gasteiger partial charge in [0.05, 0.1) is 31.1 Å². The zero-order valence-electron chi connectivity index (χ0n) is 17.0. The van der Waals surface area contributed by atoms with Crippen LogP contribution in [0.4, 0.5) is 0 Å². The SMILES string of the molecule is COc1ccc(CN=C(NCc2nnc(C)n2C)N(C)Cc2ccc(Cl)s2)cc1. The van der Waals surface area contributed by atoms with Crippen LogP contribution in [0.15, 0.2) is 41.4 Å². The van der Waals surface area contributed by atoms with Gasteiger partial charge in [-0.25, -0.2) is 4.99 Å². The Hall–Kier alpha value is -2.58. The van der Waals surface area contributed by atoms with Gasteiger partial charge in [-0.15, -0.1) is 21.5 Å². The lowest BCUT2D eigenvalue weighted by Crippen LogP contribution is -2.38. The van der Waals surface area contributed by atoms with Crippen molar-refractivity contribution in [2.75, 3.05) is 14.2 Å². The van der Waals surface area contributed by atoms with Gasteiger partial charge < -0.3 is 19.5 Å². The fourth-order valence-electron chi connectivity index (χ4n) is 2.72. The summed E-state index contributed by atoms with van der Waals surface area (Å²) < 4.78 is 7.97. The van der Waals surface area contributed by atoms with Crippen LogP contribution in [0, 0.1) is 6.92 Å². The van der Waals surface area contributed by atoms with Crippen molar-refractivity contribution < 1.29 is 4.74 Å². The third kappa shape index (κ3) is 5.71. The summed E-state index contributed by atoms with van der Waals surface area (Å²) in [6.07, 6.45) is 0. The average Bonchev–Trinajstić information content (AvgIpc) is 3.27. The van der Waals surface area contributed by atoms with E-state index in [-0.39, 0.29) is 0 Å². The number of aryl methyl sites for hydroxylation is 1. The third-order valence-electron chi connectivity index (χ3n) is 4.54. The second-order valence-electron chi connectivity index (χ2n) is 6.63. The summed E-state index contributed by atoms with van der Waals surface area (Å²) in [4.78, 5) is 8.06. The van der Waals surface area contributed by atoms with E-state index in [1.807, 2.05) is 62.0 Å². The Morgan fingerprint density at radius 2 is 2.00 bits per heavy atom.